The minimum Gasteiger partial charge on any atom is -0.302 e. The van der Waals surface area contributed by atoms with Crippen LogP contribution in [0.5, 0.6) is 0 Å². The van der Waals surface area contributed by atoms with E-state index in [4.69, 9.17) is 0 Å². The van der Waals surface area contributed by atoms with Crippen molar-refractivity contribution >= 4 is 0 Å². The monoisotopic (exact) mass is 325 g/mol. The molecule has 1 aliphatic heterocycles. The van der Waals surface area contributed by atoms with Gasteiger partial charge in [-0.05, 0) is 48.9 Å². The summed E-state index contributed by atoms with van der Waals surface area (Å²) in [5.74, 6) is 1.40. The predicted octanol–water partition coefficient (Wildman–Crippen LogP) is 4.09. The lowest BCUT2D eigenvalue weighted by atomic mass is 9.87. The topological polar surface area (TPSA) is 31.9 Å². The first-order valence-electron chi connectivity index (χ1n) is 8.91. The number of allylic oxidation sites excluding steroid dienone is 2. The Morgan fingerprint density at radius 1 is 1.08 bits per heavy atom. The largest absolute Gasteiger partial charge is 0.302 e. The van der Waals surface area contributed by atoms with Crippen LogP contribution in [-0.4, -0.2) is 34.7 Å². The van der Waals surface area contributed by atoms with E-state index in [0.29, 0.717) is 11.8 Å². The van der Waals surface area contributed by atoms with E-state index in [1.165, 1.54) is 30.5 Å². The number of halogens is 1. The zero-order valence-electron chi connectivity index (χ0n) is 13.9. The highest BCUT2D eigenvalue weighted by molar-refractivity contribution is 5.28. The predicted molar refractivity (Wildman–Crippen MR) is 93.4 cm³/mol. The smallest absolute Gasteiger partial charge is 0.123 e. The van der Waals surface area contributed by atoms with Gasteiger partial charge in [0.15, 0.2) is 0 Å². The molecule has 1 saturated heterocycles. The van der Waals surface area contributed by atoms with Crippen LogP contribution < -0.4 is 0 Å². The van der Waals surface area contributed by atoms with Gasteiger partial charge in [0.05, 0.1) is 0 Å². The maximum atomic E-state index is 13.3. The van der Waals surface area contributed by atoms with Crippen LogP contribution in [0.25, 0.3) is 0 Å². The lowest BCUT2D eigenvalue weighted by Gasteiger charge is -2.24. The lowest BCUT2D eigenvalue weighted by molar-refractivity contribution is 0.261. The number of benzene rings is 1. The SMILES string of the molecule is Fc1ccc([C@@H]2CN(C[C@H]3CC=CCC3)C[C@H]2c2ccn[nH]2)cc1. The van der Waals surface area contributed by atoms with Gasteiger partial charge in [0.25, 0.3) is 0 Å². The van der Waals surface area contributed by atoms with Crippen LogP contribution in [-0.2, 0) is 0 Å². The molecule has 3 atom stereocenters. The van der Waals surface area contributed by atoms with Crippen molar-refractivity contribution in [2.75, 3.05) is 19.6 Å². The van der Waals surface area contributed by atoms with Crippen LogP contribution in [0.15, 0.2) is 48.7 Å². The van der Waals surface area contributed by atoms with Crippen LogP contribution in [0.4, 0.5) is 4.39 Å². The van der Waals surface area contributed by atoms with Crippen molar-refractivity contribution in [1.29, 1.82) is 0 Å². The summed E-state index contributed by atoms with van der Waals surface area (Å²) in [5, 5.41) is 7.29. The molecule has 1 aromatic heterocycles. The maximum Gasteiger partial charge on any atom is 0.123 e. The number of hydrogen-bond donors (Lipinski definition) is 1. The number of aromatic amines is 1. The van der Waals surface area contributed by atoms with Crippen LogP contribution in [0.3, 0.4) is 0 Å². The third-order valence-corrected chi connectivity index (χ3v) is 5.51. The van der Waals surface area contributed by atoms with Crippen LogP contribution >= 0.6 is 0 Å². The number of nitrogens with one attached hydrogen (secondary N) is 1. The van der Waals surface area contributed by atoms with E-state index in [1.807, 2.05) is 18.3 Å². The molecule has 1 fully saturated rings. The Morgan fingerprint density at radius 3 is 2.62 bits per heavy atom. The molecule has 2 aromatic rings. The molecule has 0 unspecified atom stereocenters. The molecule has 2 heterocycles. The second-order valence-corrected chi connectivity index (χ2v) is 7.15. The van der Waals surface area contributed by atoms with Gasteiger partial charge in [-0.1, -0.05) is 24.3 Å². The molecule has 3 nitrogen and oxygen atoms in total. The molecule has 1 aliphatic carbocycles. The van der Waals surface area contributed by atoms with Gasteiger partial charge in [0.1, 0.15) is 5.82 Å². The average Bonchev–Trinajstić information content (AvgIpc) is 3.26. The van der Waals surface area contributed by atoms with E-state index in [-0.39, 0.29) is 5.82 Å². The normalized spacial score (nSPS) is 27.6. The van der Waals surface area contributed by atoms with Crippen molar-refractivity contribution < 1.29 is 4.39 Å². The van der Waals surface area contributed by atoms with Crippen molar-refractivity contribution in [3.8, 4) is 0 Å². The Hall–Kier alpha value is -1.94. The van der Waals surface area contributed by atoms with Gasteiger partial charge in [-0.25, -0.2) is 4.39 Å². The van der Waals surface area contributed by atoms with Gasteiger partial charge in [0.2, 0.25) is 0 Å². The maximum absolute atomic E-state index is 13.3. The van der Waals surface area contributed by atoms with Gasteiger partial charge in [-0.3, -0.25) is 5.10 Å². The summed E-state index contributed by atoms with van der Waals surface area (Å²) >= 11 is 0. The summed E-state index contributed by atoms with van der Waals surface area (Å²) in [5.41, 5.74) is 2.41. The molecule has 4 rings (SSSR count). The minimum atomic E-state index is -0.166. The Bertz CT molecular complexity index is 677. The average molecular weight is 325 g/mol. The van der Waals surface area contributed by atoms with E-state index >= 15 is 0 Å². The van der Waals surface area contributed by atoms with Crippen LogP contribution in [0.1, 0.15) is 42.4 Å². The molecule has 24 heavy (non-hydrogen) atoms. The van der Waals surface area contributed by atoms with E-state index in [2.05, 4.69) is 33.3 Å². The molecule has 0 spiro atoms. The second kappa shape index (κ2) is 6.89. The molecule has 4 heteroatoms. The summed E-state index contributed by atoms with van der Waals surface area (Å²) in [6.07, 6.45) is 10.2. The third-order valence-electron chi connectivity index (χ3n) is 5.51. The Morgan fingerprint density at radius 2 is 1.92 bits per heavy atom. The number of rotatable bonds is 4. The fraction of sp³-hybridized carbons (Fsp3) is 0.450. The first-order valence-corrected chi connectivity index (χ1v) is 8.91. The number of hydrogen-bond acceptors (Lipinski definition) is 2. The fourth-order valence-corrected chi connectivity index (χ4v) is 4.26. The molecule has 2 aliphatic rings. The first kappa shape index (κ1) is 15.6. The van der Waals surface area contributed by atoms with Gasteiger partial charge < -0.3 is 4.90 Å². The number of aromatic nitrogens is 2. The highest BCUT2D eigenvalue weighted by atomic mass is 19.1. The van der Waals surface area contributed by atoms with E-state index in [0.717, 1.165) is 25.6 Å². The molecule has 1 N–H and O–H groups in total. The zero-order chi connectivity index (χ0) is 16.4. The second-order valence-electron chi connectivity index (χ2n) is 7.15. The summed E-state index contributed by atoms with van der Waals surface area (Å²) in [6, 6.07) is 9.11. The number of likely N-dealkylation sites (tertiary alicyclic amines) is 1. The zero-order valence-corrected chi connectivity index (χ0v) is 13.9. The third kappa shape index (κ3) is 3.29. The Labute approximate surface area is 142 Å². The van der Waals surface area contributed by atoms with Gasteiger partial charge in [0, 0.05) is 43.4 Å². The minimum absolute atomic E-state index is 0.166. The Balaban J connectivity index is 1.53. The molecule has 0 radical (unpaired) electrons. The molecule has 0 bridgehead atoms. The first-order chi connectivity index (χ1) is 11.8. The van der Waals surface area contributed by atoms with Gasteiger partial charge in [-0.15, -0.1) is 0 Å². The fourth-order valence-electron chi connectivity index (χ4n) is 4.26. The lowest BCUT2D eigenvalue weighted by Crippen LogP contribution is -2.28. The van der Waals surface area contributed by atoms with Crippen LogP contribution in [0.2, 0.25) is 0 Å². The van der Waals surface area contributed by atoms with Crippen molar-refractivity contribution in [3.63, 3.8) is 0 Å². The molecule has 0 saturated carbocycles. The van der Waals surface area contributed by atoms with Crippen LogP contribution in [0, 0.1) is 11.7 Å². The highest BCUT2D eigenvalue weighted by Gasteiger charge is 2.36. The molecular formula is C20H24FN3. The van der Waals surface area contributed by atoms with Crippen molar-refractivity contribution in [3.05, 3.63) is 65.8 Å². The van der Waals surface area contributed by atoms with E-state index < -0.39 is 0 Å². The standard InChI is InChI=1S/C20H24FN3/c21-17-8-6-16(7-9-17)18-13-24(12-15-4-2-1-3-5-15)14-19(18)20-10-11-22-23-20/h1-2,6-11,15,18-19H,3-5,12-14H2,(H,22,23)/t15-,18-,19+/m0/s1. The molecule has 1 aromatic carbocycles. The quantitative estimate of drug-likeness (QED) is 0.859. The highest BCUT2D eigenvalue weighted by Crippen LogP contribution is 2.39. The summed E-state index contributed by atoms with van der Waals surface area (Å²) in [7, 11) is 0. The summed E-state index contributed by atoms with van der Waals surface area (Å²) in [4.78, 5) is 2.59. The van der Waals surface area contributed by atoms with Crippen molar-refractivity contribution in [1.82, 2.24) is 15.1 Å². The summed E-state index contributed by atoms with van der Waals surface area (Å²) < 4.78 is 13.3. The van der Waals surface area contributed by atoms with Crippen molar-refractivity contribution in [2.24, 2.45) is 5.92 Å². The molecular weight excluding hydrogens is 301 g/mol. The number of H-pyrrole nitrogens is 1. The number of nitrogens with zero attached hydrogens (tertiary/aromatic N) is 2. The summed E-state index contributed by atoms with van der Waals surface area (Å²) in [6.45, 7) is 3.24. The molecule has 0 amide bonds. The van der Waals surface area contributed by atoms with E-state index in [1.54, 1.807) is 12.1 Å². The van der Waals surface area contributed by atoms with Gasteiger partial charge in [-0.2, -0.15) is 5.10 Å². The van der Waals surface area contributed by atoms with Crippen molar-refractivity contribution in [2.45, 2.75) is 31.1 Å². The molecule has 126 valence electrons. The Kier molecular flexibility index (Phi) is 4.48. The van der Waals surface area contributed by atoms with E-state index in [9.17, 15) is 4.39 Å². The van der Waals surface area contributed by atoms with Gasteiger partial charge >= 0.3 is 0 Å².